The van der Waals surface area contributed by atoms with Gasteiger partial charge in [0.15, 0.2) is 0 Å². The summed E-state index contributed by atoms with van der Waals surface area (Å²) >= 11 is 4.84. The average molecular weight is 212 g/mol. The highest BCUT2D eigenvalue weighted by molar-refractivity contribution is 7.71. The Morgan fingerprint density at radius 2 is 2.07 bits per heavy atom. The summed E-state index contributed by atoms with van der Waals surface area (Å²) < 4.78 is 4.95. The molecule has 78 valence electrons. The maximum absolute atomic E-state index is 4.95. The predicted molar refractivity (Wildman–Crippen MR) is 56.7 cm³/mol. The molecule has 0 aliphatic heterocycles. The van der Waals surface area contributed by atoms with Crippen molar-refractivity contribution in [3.8, 4) is 0 Å². The number of H-pyrrole nitrogens is 1. The summed E-state index contributed by atoms with van der Waals surface area (Å²) in [4.78, 5) is 4.50. The van der Waals surface area contributed by atoms with Crippen LogP contribution in [-0.2, 0) is 0 Å². The van der Waals surface area contributed by atoms with Gasteiger partial charge in [-0.1, -0.05) is 13.8 Å². The van der Waals surface area contributed by atoms with Crippen molar-refractivity contribution in [3.05, 3.63) is 10.7 Å². The number of hydrogen-bond acceptors (Lipinski definition) is 3. The Morgan fingerprint density at radius 3 is 2.57 bits per heavy atom. The van der Waals surface area contributed by atoms with Gasteiger partial charge in [-0.25, -0.2) is 5.16 Å². The van der Waals surface area contributed by atoms with Gasteiger partial charge in [-0.15, -0.1) is 0 Å². The lowest BCUT2D eigenvalue weighted by Gasteiger charge is -2.33. The third kappa shape index (κ3) is 2.05. The number of rotatable bonds is 1. The topological polar surface area (TPSA) is 41.8 Å². The van der Waals surface area contributed by atoms with Crippen LogP contribution in [0.5, 0.6) is 0 Å². The molecule has 2 rings (SSSR count). The highest BCUT2D eigenvalue weighted by Crippen LogP contribution is 2.41. The first-order valence-electron chi connectivity index (χ1n) is 5.12. The smallest absolute Gasteiger partial charge is 0.314 e. The quantitative estimate of drug-likeness (QED) is 0.725. The van der Waals surface area contributed by atoms with Gasteiger partial charge in [0.25, 0.3) is 0 Å². The summed E-state index contributed by atoms with van der Waals surface area (Å²) in [5.41, 5.74) is 0.497. The van der Waals surface area contributed by atoms with E-state index < -0.39 is 0 Å². The first kappa shape index (κ1) is 9.90. The van der Waals surface area contributed by atoms with Crippen LogP contribution >= 0.6 is 12.2 Å². The SMILES string of the molecule is CC1(C)CCC(c2nc(=S)o[nH]2)CC1. The molecular weight excluding hydrogens is 196 g/mol. The second-order valence-electron chi connectivity index (χ2n) is 4.91. The van der Waals surface area contributed by atoms with Gasteiger partial charge in [0, 0.05) is 5.92 Å². The number of aromatic amines is 1. The van der Waals surface area contributed by atoms with Gasteiger partial charge in [-0.2, -0.15) is 4.98 Å². The summed E-state index contributed by atoms with van der Waals surface area (Å²) in [6.45, 7) is 4.66. The van der Waals surface area contributed by atoms with Crippen LogP contribution < -0.4 is 0 Å². The van der Waals surface area contributed by atoms with Crippen molar-refractivity contribution in [1.29, 1.82) is 0 Å². The molecule has 0 saturated heterocycles. The Balaban J connectivity index is 2.06. The molecule has 0 unspecified atom stereocenters. The largest absolute Gasteiger partial charge is 0.348 e. The number of hydrogen-bond donors (Lipinski definition) is 1. The third-order valence-corrected chi connectivity index (χ3v) is 3.36. The maximum Gasteiger partial charge on any atom is 0.314 e. The van der Waals surface area contributed by atoms with E-state index in [0.29, 0.717) is 16.2 Å². The fourth-order valence-corrected chi connectivity index (χ4v) is 2.23. The summed E-state index contributed by atoms with van der Waals surface area (Å²) in [6.07, 6.45) is 4.88. The van der Waals surface area contributed by atoms with Gasteiger partial charge in [0.2, 0.25) is 0 Å². The van der Waals surface area contributed by atoms with Crippen molar-refractivity contribution in [2.45, 2.75) is 45.4 Å². The van der Waals surface area contributed by atoms with E-state index >= 15 is 0 Å². The van der Waals surface area contributed by atoms with Gasteiger partial charge in [0.1, 0.15) is 5.82 Å². The van der Waals surface area contributed by atoms with E-state index in [-0.39, 0.29) is 0 Å². The molecule has 0 amide bonds. The second kappa shape index (κ2) is 3.50. The zero-order valence-corrected chi connectivity index (χ0v) is 9.49. The van der Waals surface area contributed by atoms with Crippen LogP contribution in [0.4, 0.5) is 0 Å². The lowest BCUT2D eigenvalue weighted by Crippen LogP contribution is -2.20. The Morgan fingerprint density at radius 1 is 1.43 bits per heavy atom. The Hall–Kier alpha value is -0.640. The highest BCUT2D eigenvalue weighted by Gasteiger charge is 2.29. The van der Waals surface area contributed by atoms with E-state index in [1.807, 2.05) is 0 Å². The van der Waals surface area contributed by atoms with Crippen LogP contribution in [-0.4, -0.2) is 10.1 Å². The van der Waals surface area contributed by atoms with Gasteiger partial charge < -0.3 is 4.52 Å². The standard InChI is InChI=1S/C10H16N2OS/c1-10(2)5-3-7(4-6-10)8-11-9(14)13-12-8/h7H,3-6H2,1-2H3,(H,11,12,14). The molecule has 0 spiro atoms. The van der Waals surface area contributed by atoms with Crippen LogP contribution in [0, 0.1) is 10.3 Å². The second-order valence-corrected chi connectivity index (χ2v) is 5.25. The van der Waals surface area contributed by atoms with E-state index in [1.54, 1.807) is 0 Å². The molecular formula is C10H16N2OS. The number of aromatic nitrogens is 2. The van der Waals surface area contributed by atoms with Crippen molar-refractivity contribution < 1.29 is 4.52 Å². The molecule has 1 heterocycles. The van der Waals surface area contributed by atoms with E-state index in [4.69, 9.17) is 16.7 Å². The summed E-state index contributed by atoms with van der Waals surface area (Å²) in [6, 6.07) is 0. The molecule has 0 atom stereocenters. The first-order chi connectivity index (χ1) is 6.57. The van der Waals surface area contributed by atoms with Crippen LogP contribution in [0.15, 0.2) is 4.52 Å². The lowest BCUT2D eigenvalue weighted by molar-refractivity contribution is 0.218. The Labute approximate surface area is 88.9 Å². The van der Waals surface area contributed by atoms with Crippen LogP contribution in [0.2, 0.25) is 0 Å². The third-order valence-electron chi connectivity index (χ3n) is 3.18. The highest BCUT2D eigenvalue weighted by atomic mass is 32.1. The van der Waals surface area contributed by atoms with E-state index in [0.717, 1.165) is 5.82 Å². The molecule has 4 heteroatoms. The van der Waals surface area contributed by atoms with Gasteiger partial charge in [-0.05, 0) is 43.3 Å². The normalized spacial score (nSPS) is 22.4. The van der Waals surface area contributed by atoms with Crippen molar-refractivity contribution in [1.82, 2.24) is 10.1 Å². The van der Waals surface area contributed by atoms with Crippen LogP contribution in [0.1, 0.15) is 51.3 Å². The van der Waals surface area contributed by atoms with Crippen LogP contribution in [0.25, 0.3) is 0 Å². The van der Waals surface area contributed by atoms with E-state index in [2.05, 4.69) is 24.0 Å². The molecule has 1 fully saturated rings. The van der Waals surface area contributed by atoms with E-state index in [1.165, 1.54) is 25.7 Å². The minimum Gasteiger partial charge on any atom is -0.348 e. The fraction of sp³-hybridized carbons (Fsp3) is 0.800. The Kier molecular flexibility index (Phi) is 2.47. The molecule has 1 saturated carbocycles. The zero-order chi connectivity index (χ0) is 10.2. The summed E-state index contributed by atoms with van der Waals surface area (Å²) in [7, 11) is 0. The van der Waals surface area contributed by atoms with Crippen molar-refractivity contribution in [3.63, 3.8) is 0 Å². The zero-order valence-electron chi connectivity index (χ0n) is 8.67. The van der Waals surface area contributed by atoms with Crippen molar-refractivity contribution >= 4 is 12.2 Å². The summed E-state index contributed by atoms with van der Waals surface area (Å²) in [5, 5.41) is 2.81. The number of nitrogens with one attached hydrogen (secondary N) is 1. The molecule has 1 aromatic heterocycles. The van der Waals surface area contributed by atoms with Crippen molar-refractivity contribution in [2.24, 2.45) is 5.41 Å². The van der Waals surface area contributed by atoms with Gasteiger partial charge in [0.05, 0.1) is 0 Å². The van der Waals surface area contributed by atoms with Gasteiger partial charge >= 0.3 is 4.84 Å². The van der Waals surface area contributed by atoms with Crippen molar-refractivity contribution in [2.75, 3.05) is 0 Å². The lowest BCUT2D eigenvalue weighted by atomic mass is 9.73. The minimum atomic E-state index is 0.324. The molecule has 0 aromatic carbocycles. The summed E-state index contributed by atoms with van der Waals surface area (Å²) in [5.74, 6) is 1.45. The molecule has 1 aromatic rings. The molecule has 1 aliphatic rings. The fourth-order valence-electron chi connectivity index (χ4n) is 2.09. The monoisotopic (exact) mass is 212 g/mol. The van der Waals surface area contributed by atoms with Gasteiger partial charge in [-0.3, -0.25) is 0 Å². The predicted octanol–water partition coefficient (Wildman–Crippen LogP) is 3.42. The molecule has 0 radical (unpaired) electrons. The molecule has 3 nitrogen and oxygen atoms in total. The molecule has 1 N–H and O–H groups in total. The molecule has 14 heavy (non-hydrogen) atoms. The Bertz CT molecular complexity index is 356. The first-order valence-corrected chi connectivity index (χ1v) is 5.53. The average Bonchev–Trinajstić information content (AvgIpc) is 2.52. The maximum atomic E-state index is 4.95. The minimum absolute atomic E-state index is 0.324. The van der Waals surface area contributed by atoms with Crippen LogP contribution in [0.3, 0.4) is 0 Å². The molecule has 0 bridgehead atoms. The van der Waals surface area contributed by atoms with E-state index in [9.17, 15) is 0 Å². The number of nitrogens with zero attached hydrogens (tertiary/aromatic N) is 1. The molecule has 1 aliphatic carbocycles.